The van der Waals surface area contributed by atoms with Crippen molar-refractivity contribution in [1.29, 1.82) is 0 Å². The van der Waals surface area contributed by atoms with E-state index in [9.17, 15) is 14.0 Å². The number of amides is 1. The lowest BCUT2D eigenvalue weighted by Crippen LogP contribution is -2.29. The van der Waals surface area contributed by atoms with Gasteiger partial charge in [0, 0.05) is 6.42 Å². The van der Waals surface area contributed by atoms with Crippen LogP contribution in [-0.4, -0.2) is 17.0 Å². The minimum Gasteiger partial charge on any atom is -0.481 e. The molecule has 0 heterocycles. The summed E-state index contributed by atoms with van der Waals surface area (Å²) in [5.74, 6) is -2.07. The van der Waals surface area contributed by atoms with Gasteiger partial charge in [0.15, 0.2) is 0 Å². The molecule has 0 unspecified atom stereocenters. The van der Waals surface area contributed by atoms with Crippen molar-refractivity contribution in [3.8, 4) is 0 Å². The molecule has 0 bridgehead atoms. The van der Waals surface area contributed by atoms with Gasteiger partial charge in [-0.05, 0) is 32.0 Å². The van der Waals surface area contributed by atoms with Gasteiger partial charge in [-0.2, -0.15) is 0 Å². The van der Waals surface area contributed by atoms with Gasteiger partial charge in [0.2, 0.25) is 5.91 Å². The molecular weight excluding hydrogens is 261 g/mol. The van der Waals surface area contributed by atoms with E-state index < -0.39 is 23.1 Å². The first-order valence-electron chi connectivity index (χ1n) is 5.20. The van der Waals surface area contributed by atoms with Crippen molar-refractivity contribution in [2.75, 3.05) is 5.32 Å². The Bertz CT molecular complexity index is 488. The summed E-state index contributed by atoms with van der Waals surface area (Å²) in [6.45, 7) is 2.89. The molecule has 0 aliphatic rings. The number of benzene rings is 1. The Morgan fingerprint density at radius 2 is 2.06 bits per heavy atom. The van der Waals surface area contributed by atoms with Crippen LogP contribution in [0.2, 0.25) is 5.02 Å². The van der Waals surface area contributed by atoms with E-state index in [-0.39, 0.29) is 17.1 Å². The second-order valence-electron chi connectivity index (χ2n) is 4.54. The summed E-state index contributed by atoms with van der Waals surface area (Å²) < 4.78 is 12.8. The predicted octanol–water partition coefficient (Wildman–Crippen LogP) is 2.92. The highest BCUT2D eigenvalue weighted by molar-refractivity contribution is 6.33. The van der Waals surface area contributed by atoms with Crippen LogP contribution >= 0.6 is 11.6 Å². The van der Waals surface area contributed by atoms with Crippen LogP contribution in [0, 0.1) is 11.2 Å². The molecule has 1 rings (SSSR count). The molecule has 6 heteroatoms. The quantitative estimate of drug-likeness (QED) is 0.886. The van der Waals surface area contributed by atoms with Gasteiger partial charge in [-0.1, -0.05) is 11.6 Å². The van der Waals surface area contributed by atoms with Gasteiger partial charge in [-0.25, -0.2) is 4.39 Å². The van der Waals surface area contributed by atoms with Crippen molar-refractivity contribution in [3.63, 3.8) is 0 Å². The summed E-state index contributed by atoms with van der Waals surface area (Å²) in [4.78, 5) is 22.5. The Morgan fingerprint density at radius 3 is 2.56 bits per heavy atom. The third kappa shape index (κ3) is 3.70. The highest BCUT2D eigenvalue weighted by Gasteiger charge is 2.30. The van der Waals surface area contributed by atoms with E-state index in [0.717, 1.165) is 12.1 Å². The SMILES string of the molecule is CC(C)(CC(=O)Nc1ccc(F)cc1Cl)C(=O)O. The standard InChI is InChI=1S/C12H13ClFNO3/c1-12(2,11(17)18)6-10(16)15-9-4-3-7(14)5-8(9)13/h3-5H,6H2,1-2H3,(H,15,16)(H,17,18). The molecule has 0 spiro atoms. The van der Waals surface area contributed by atoms with E-state index >= 15 is 0 Å². The summed E-state index contributed by atoms with van der Waals surface area (Å²) in [6, 6.07) is 3.55. The first kappa shape index (κ1) is 14.4. The summed E-state index contributed by atoms with van der Waals surface area (Å²) >= 11 is 5.74. The number of carbonyl (C=O) groups is 2. The predicted molar refractivity (Wildman–Crippen MR) is 66.1 cm³/mol. The Balaban J connectivity index is 2.74. The molecule has 2 N–H and O–H groups in total. The molecule has 1 aromatic carbocycles. The van der Waals surface area contributed by atoms with E-state index in [0.29, 0.717) is 0 Å². The minimum atomic E-state index is -1.17. The molecule has 98 valence electrons. The number of anilines is 1. The lowest BCUT2D eigenvalue weighted by molar-refractivity contribution is -0.148. The van der Waals surface area contributed by atoms with Crippen molar-refractivity contribution in [2.45, 2.75) is 20.3 Å². The molecule has 0 aliphatic heterocycles. The van der Waals surface area contributed by atoms with Gasteiger partial charge in [0.05, 0.1) is 16.1 Å². The second-order valence-corrected chi connectivity index (χ2v) is 4.95. The number of hydrogen-bond donors (Lipinski definition) is 2. The van der Waals surface area contributed by atoms with E-state index in [2.05, 4.69) is 5.32 Å². The first-order chi connectivity index (χ1) is 8.22. The van der Waals surface area contributed by atoms with Crippen LogP contribution < -0.4 is 5.32 Å². The van der Waals surface area contributed by atoms with Crippen LogP contribution in [0.1, 0.15) is 20.3 Å². The number of hydrogen-bond acceptors (Lipinski definition) is 2. The summed E-state index contributed by atoms with van der Waals surface area (Å²) in [5.41, 5.74) is -0.916. The van der Waals surface area contributed by atoms with Crippen molar-refractivity contribution < 1.29 is 19.1 Å². The Labute approximate surface area is 109 Å². The molecular formula is C12H13ClFNO3. The number of carboxylic acids is 1. The first-order valence-corrected chi connectivity index (χ1v) is 5.58. The summed E-state index contributed by atoms with van der Waals surface area (Å²) in [6.07, 6.45) is -0.198. The highest BCUT2D eigenvalue weighted by atomic mass is 35.5. The zero-order valence-electron chi connectivity index (χ0n) is 9.96. The molecule has 0 aliphatic carbocycles. The van der Waals surface area contributed by atoms with Crippen LogP contribution in [0.25, 0.3) is 0 Å². The van der Waals surface area contributed by atoms with E-state index in [1.807, 2.05) is 0 Å². The van der Waals surface area contributed by atoms with Crippen LogP contribution in [0.3, 0.4) is 0 Å². The number of nitrogens with one attached hydrogen (secondary N) is 1. The van der Waals surface area contributed by atoms with E-state index in [1.54, 1.807) is 0 Å². The maximum atomic E-state index is 12.8. The molecule has 0 saturated heterocycles. The van der Waals surface area contributed by atoms with E-state index in [1.165, 1.54) is 19.9 Å². The van der Waals surface area contributed by atoms with Crippen molar-refractivity contribution in [2.24, 2.45) is 5.41 Å². The summed E-state index contributed by atoms with van der Waals surface area (Å²) in [7, 11) is 0. The molecule has 4 nitrogen and oxygen atoms in total. The van der Waals surface area contributed by atoms with Crippen molar-refractivity contribution in [3.05, 3.63) is 29.0 Å². The summed E-state index contributed by atoms with van der Waals surface area (Å²) in [5, 5.41) is 11.4. The fourth-order valence-electron chi connectivity index (χ4n) is 1.26. The van der Waals surface area contributed by atoms with Gasteiger partial charge >= 0.3 is 5.97 Å². The van der Waals surface area contributed by atoms with Gasteiger partial charge in [-0.3, -0.25) is 9.59 Å². The largest absolute Gasteiger partial charge is 0.481 e. The number of aliphatic carboxylic acids is 1. The highest BCUT2D eigenvalue weighted by Crippen LogP contribution is 2.25. The third-order valence-corrected chi connectivity index (χ3v) is 2.70. The van der Waals surface area contributed by atoms with Crippen molar-refractivity contribution >= 4 is 29.2 Å². The Morgan fingerprint density at radius 1 is 1.44 bits per heavy atom. The smallest absolute Gasteiger partial charge is 0.309 e. The molecule has 1 aromatic rings. The number of halogens is 2. The monoisotopic (exact) mass is 273 g/mol. The molecule has 0 saturated carbocycles. The Kier molecular flexibility index (Phi) is 4.29. The second kappa shape index (κ2) is 5.35. The minimum absolute atomic E-state index is 0.0662. The van der Waals surface area contributed by atoms with Gasteiger partial charge in [0.1, 0.15) is 5.82 Å². The number of carboxylic acid groups (broad SMARTS) is 1. The van der Waals surface area contributed by atoms with Gasteiger partial charge in [-0.15, -0.1) is 0 Å². The zero-order chi connectivity index (χ0) is 13.9. The fraction of sp³-hybridized carbons (Fsp3) is 0.333. The van der Waals surface area contributed by atoms with Crippen LogP contribution in [0.4, 0.5) is 10.1 Å². The molecule has 0 radical (unpaired) electrons. The van der Waals surface area contributed by atoms with Crippen LogP contribution in [0.5, 0.6) is 0 Å². The lowest BCUT2D eigenvalue weighted by atomic mass is 9.89. The van der Waals surface area contributed by atoms with Crippen molar-refractivity contribution in [1.82, 2.24) is 0 Å². The van der Waals surface area contributed by atoms with Gasteiger partial charge in [0.25, 0.3) is 0 Å². The third-order valence-electron chi connectivity index (χ3n) is 2.39. The number of carbonyl (C=O) groups excluding carboxylic acids is 1. The average Bonchev–Trinajstić information content (AvgIpc) is 2.21. The van der Waals surface area contributed by atoms with Crippen LogP contribution in [0.15, 0.2) is 18.2 Å². The van der Waals surface area contributed by atoms with E-state index in [4.69, 9.17) is 16.7 Å². The topological polar surface area (TPSA) is 66.4 Å². The number of rotatable bonds is 4. The fourth-order valence-corrected chi connectivity index (χ4v) is 1.48. The Hall–Kier alpha value is -1.62. The average molecular weight is 274 g/mol. The maximum absolute atomic E-state index is 12.8. The molecule has 0 aromatic heterocycles. The normalized spacial score (nSPS) is 11.1. The van der Waals surface area contributed by atoms with Crippen LogP contribution in [-0.2, 0) is 9.59 Å². The zero-order valence-corrected chi connectivity index (χ0v) is 10.7. The molecule has 1 amide bonds. The van der Waals surface area contributed by atoms with Gasteiger partial charge < -0.3 is 10.4 Å². The molecule has 18 heavy (non-hydrogen) atoms. The lowest BCUT2D eigenvalue weighted by Gasteiger charge is -2.18. The maximum Gasteiger partial charge on any atom is 0.309 e. The molecule has 0 atom stereocenters. The molecule has 0 fully saturated rings.